The Morgan fingerprint density at radius 3 is 2.58 bits per heavy atom. The van der Waals surface area contributed by atoms with Gasteiger partial charge >= 0.3 is 6.03 Å². The number of piperidine rings is 1. The molecule has 0 saturated carbocycles. The number of carbonyl (C=O) groups excluding carboxylic acids is 3. The highest BCUT2D eigenvalue weighted by Gasteiger charge is 2.47. The number of carbonyl (C=O) groups is 3. The van der Waals surface area contributed by atoms with Crippen molar-refractivity contribution < 1.29 is 14.4 Å². The molecule has 0 radical (unpaired) electrons. The minimum absolute atomic E-state index is 0.0862. The van der Waals surface area contributed by atoms with Gasteiger partial charge in [0.25, 0.3) is 5.91 Å². The average Bonchev–Trinajstić information content (AvgIpc) is 3.50. The van der Waals surface area contributed by atoms with Crippen LogP contribution in [0.1, 0.15) is 50.3 Å². The first kappa shape index (κ1) is 26.0. The van der Waals surface area contributed by atoms with Gasteiger partial charge in [-0.3, -0.25) is 19.7 Å². The molecule has 4 amide bonds. The van der Waals surface area contributed by atoms with Gasteiger partial charge in [-0.2, -0.15) is 5.10 Å². The molecule has 10 heteroatoms. The third-order valence-corrected chi connectivity index (χ3v) is 8.08. The standard InChI is InChI=1S/C30H35N7O3/c1-29(2,3)18-37-17-22-20(9-10-23-21(22)16-31-35-23)15-24(26(37)38)32-28(40)36-13-11-30(12-14-36)27(39)33-25(34-30)19-7-5-4-6-8-19/h4-10,16,24H,11-15,17-18H2,1-3H3,(H,31,35)(H,32,40)(H,33,34,39)/t24-/m1/s1. The van der Waals surface area contributed by atoms with Crippen LogP contribution in [0.5, 0.6) is 0 Å². The number of amides is 4. The Morgan fingerprint density at radius 2 is 1.85 bits per heavy atom. The number of aromatic amines is 1. The van der Waals surface area contributed by atoms with E-state index in [1.807, 2.05) is 47.4 Å². The summed E-state index contributed by atoms with van der Waals surface area (Å²) in [5.74, 6) is 0.374. The van der Waals surface area contributed by atoms with E-state index < -0.39 is 11.6 Å². The number of fused-ring (bicyclic) bond motifs is 3. The van der Waals surface area contributed by atoms with Gasteiger partial charge in [0.2, 0.25) is 5.91 Å². The molecule has 0 unspecified atom stereocenters. The Morgan fingerprint density at radius 1 is 1.10 bits per heavy atom. The van der Waals surface area contributed by atoms with E-state index in [1.54, 1.807) is 11.1 Å². The number of H-pyrrole nitrogens is 1. The first-order valence-electron chi connectivity index (χ1n) is 13.9. The fourth-order valence-corrected chi connectivity index (χ4v) is 6.02. The van der Waals surface area contributed by atoms with E-state index in [1.165, 1.54) is 0 Å². The zero-order valence-corrected chi connectivity index (χ0v) is 23.2. The molecule has 208 valence electrons. The molecular weight excluding hydrogens is 506 g/mol. The zero-order valence-electron chi connectivity index (χ0n) is 23.2. The summed E-state index contributed by atoms with van der Waals surface area (Å²) in [4.78, 5) is 48.5. The van der Waals surface area contributed by atoms with Crippen molar-refractivity contribution in [3.05, 3.63) is 65.4 Å². The highest BCUT2D eigenvalue weighted by Crippen LogP contribution is 2.32. The van der Waals surface area contributed by atoms with E-state index >= 15 is 0 Å². The van der Waals surface area contributed by atoms with Crippen LogP contribution in [0.15, 0.2) is 53.7 Å². The molecule has 0 bridgehead atoms. The maximum Gasteiger partial charge on any atom is 0.318 e. The number of hydrogen-bond donors (Lipinski definition) is 3. The van der Waals surface area contributed by atoms with Crippen LogP contribution in [-0.4, -0.2) is 74.9 Å². The van der Waals surface area contributed by atoms with Crippen LogP contribution in [0.2, 0.25) is 0 Å². The van der Waals surface area contributed by atoms with Crippen molar-refractivity contribution in [3.63, 3.8) is 0 Å². The fraction of sp³-hybridized carbons (Fsp3) is 0.433. The summed E-state index contributed by atoms with van der Waals surface area (Å²) in [6, 6.07) is 12.6. The normalized spacial score (nSPS) is 20.8. The maximum absolute atomic E-state index is 13.8. The smallest absolute Gasteiger partial charge is 0.318 e. The van der Waals surface area contributed by atoms with Crippen molar-refractivity contribution in [2.45, 2.75) is 58.2 Å². The number of rotatable bonds is 3. The number of benzene rings is 2. The lowest BCUT2D eigenvalue weighted by Crippen LogP contribution is -2.56. The molecule has 1 spiro atoms. The molecule has 6 rings (SSSR count). The van der Waals surface area contributed by atoms with Crippen molar-refractivity contribution in [3.8, 4) is 0 Å². The van der Waals surface area contributed by atoms with Gasteiger partial charge in [-0.25, -0.2) is 4.79 Å². The highest BCUT2D eigenvalue weighted by molar-refractivity contribution is 6.15. The number of hydrogen-bond acceptors (Lipinski definition) is 5. The molecule has 1 fully saturated rings. The monoisotopic (exact) mass is 541 g/mol. The van der Waals surface area contributed by atoms with Crippen LogP contribution in [0, 0.1) is 5.41 Å². The van der Waals surface area contributed by atoms with Gasteiger partial charge in [0.1, 0.15) is 17.4 Å². The number of likely N-dealkylation sites (tertiary alicyclic amines) is 1. The third kappa shape index (κ3) is 4.82. The minimum Gasteiger partial charge on any atom is -0.336 e. The molecule has 10 nitrogen and oxygen atoms in total. The quantitative estimate of drug-likeness (QED) is 0.472. The van der Waals surface area contributed by atoms with Crippen LogP contribution in [0.4, 0.5) is 4.79 Å². The molecule has 1 atom stereocenters. The number of aliphatic imine (C=N–C) groups is 1. The SMILES string of the molecule is CC(C)(C)CN1Cc2c(ccc3[nH]ncc23)C[C@@H](NC(=O)N2CCC3(CC2)N=C(c2ccccc2)NC3=O)C1=O. The van der Waals surface area contributed by atoms with Gasteiger partial charge in [-0.1, -0.05) is 57.2 Å². The summed E-state index contributed by atoms with van der Waals surface area (Å²) >= 11 is 0. The Hall–Kier alpha value is -4.21. The summed E-state index contributed by atoms with van der Waals surface area (Å²) in [7, 11) is 0. The van der Waals surface area contributed by atoms with Crippen LogP contribution in [-0.2, 0) is 22.6 Å². The van der Waals surface area contributed by atoms with Crippen molar-refractivity contribution in [2.24, 2.45) is 10.4 Å². The second kappa shape index (κ2) is 9.76. The molecule has 40 heavy (non-hydrogen) atoms. The Balaban J connectivity index is 1.18. The maximum atomic E-state index is 13.8. The lowest BCUT2D eigenvalue weighted by molar-refractivity contribution is -0.134. The Kier molecular flexibility index (Phi) is 6.35. The van der Waals surface area contributed by atoms with E-state index in [0.29, 0.717) is 51.3 Å². The lowest BCUT2D eigenvalue weighted by Gasteiger charge is -2.36. The molecule has 3 aliphatic heterocycles. The van der Waals surface area contributed by atoms with E-state index in [9.17, 15) is 14.4 Å². The van der Waals surface area contributed by atoms with E-state index in [0.717, 1.165) is 27.6 Å². The van der Waals surface area contributed by atoms with Gasteiger partial charge in [0.15, 0.2) is 0 Å². The Bertz CT molecular complexity index is 1500. The Labute approximate surface area is 233 Å². The number of nitrogens with zero attached hydrogens (tertiary/aromatic N) is 4. The predicted octanol–water partition coefficient (Wildman–Crippen LogP) is 2.98. The topological polar surface area (TPSA) is 123 Å². The molecule has 3 aliphatic rings. The largest absolute Gasteiger partial charge is 0.336 e. The van der Waals surface area contributed by atoms with Crippen molar-refractivity contribution in [1.29, 1.82) is 0 Å². The van der Waals surface area contributed by atoms with E-state index in [-0.39, 0.29) is 23.3 Å². The highest BCUT2D eigenvalue weighted by atomic mass is 16.2. The summed E-state index contributed by atoms with van der Waals surface area (Å²) < 4.78 is 0. The second-order valence-corrected chi connectivity index (χ2v) is 12.3. The fourth-order valence-electron chi connectivity index (χ4n) is 6.02. The zero-order chi connectivity index (χ0) is 28.1. The van der Waals surface area contributed by atoms with Crippen molar-refractivity contribution in [1.82, 2.24) is 30.6 Å². The molecule has 4 heterocycles. The summed E-state index contributed by atoms with van der Waals surface area (Å²) in [5, 5.41) is 14.2. The molecule has 1 saturated heterocycles. The summed E-state index contributed by atoms with van der Waals surface area (Å²) in [6.07, 6.45) is 3.07. The minimum atomic E-state index is -0.863. The van der Waals surface area contributed by atoms with Gasteiger partial charge < -0.3 is 20.4 Å². The number of urea groups is 1. The molecule has 0 aliphatic carbocycles. The molecule has 2 aromatic carbocycles. The molecule has 3 N–H and O–H groups in total. The van der Waals surface area contributed by atoms with Gasteiger partial charge in [0, 0.05) is 43.5 Å². The van der Waals surface area contributed by atoms with E-state index in [2.05, 4.69) is 41.6 Å². The van der Waals surface area contributed by atoms with Crippen LogP contribution >= 0.6 is 0 Å². The van der Waals surface area contributed by atoms with Crippen molar-refractivity contribution in [2.75, 3.05) is 19.6 Å². The molecular formula is C30H35N7O3. The first-order valence-corrected chi connectivity index (χ1v) is 13.9. The number of nitrogens with one attached hydrogen (secondary N) is 3. The van der Waals surface area contributed by atoms with Gasteiger partial charge in [0.05, 0.1) is 11.7 Å². The lowest BCUT2D eigenvalue weighted by atomic mass is 9.88. The second-order valence-electron chi connectivity index (χ2n) is 12.3. The van der Waals surface area contributed by atoms with Crippen LogP contribution < -0.4 is 10.6 Å². The van der Waals surface area contributed by atoms with Gasteiger partial charge in [-0.05, 0) is 35.4 Å². The number of aromatic nitrogens is 2. The van der Waals surface area contributed by atoms with Gasteiger partial charge in [-0.15, -0.1) is 0 Å². The summed E-state index contributed by atoms with van der Waals surface area (Å²) in [5.41, 5.74) is 2.93. The van der Waals surface area contributed by atoms with Crippen LogP contribution in [0.3, 0.4) is 0 Å². The first-order chi connectivity index (χ1) is 19.1. The average molecular weight is 542 g/mol. The summed E-state index contributed by atoms with van der Waals surface area (Å²) in [6.45, 7) is 8.10. The molecule has 3 aromatic rings. The molecule has 1 aromatic heterocycles. The predicted molar refractivity (Wildman–Crippen MR) is 152 cm³/mol. The number of amidine groups is 1. The third-order valence-electron chi connectivity index (χ3n) is 8.08. The van der Waals surface area contributed by atoms with E-state index in [4.69, 9.17) is 4.99 Å². The van der Waals surface area contributed by atoms with Crippen LogP contribution in [0.25, 0.3) is 10.9 Å². The van der Waals surface area contributed by atoms with Crippen molar-refractivity contribution >= 4 is 34.6 Å².